The van der Waals surface area contributed by atoms with Gasteiger partial charge >= 0.3 is 0 Å². The zero-order valence-corrected chi connectivity index (χ0v) is 9.02. The van der Waals surface area contributed by atoms with E-state index in [0.717, 1.165) is 18.5 Å². The highest BCUT2D eigenvalue weighted by molar-refractivity contribution is 5.15. The Kier molecular flexibility index (Phi) is 3.21. The molecule has 0 aliphatic heterocycles. The average molecular weight is 207 g/mol. The lowest BCUT2D eigenvalue weighted by Gasteiger charge is -2.08. The summed E-state index contributed by atoms with van der Waals surface area (Å²) in [4.78, 5) is 4.31. The molecule has 1 heterocycles. The monoisotopic (exact) mass is 207 g/mol. The number of rotatable bonds is 5. The Labute approximate surface area is 90.1 Å². The van der Waals surface area contributed by atoms with Gasteiger partial charge < -0.3 is 9.84 Å². The zero-order chi connectivity index (χ0) is 10.7. The van der Waals surface area contributed by atoms with Crippen molar-refractivity contribution in [2.24, 2.45) is 5.92 Å². The van der Waals surface area contributed by atoms with Crippen LogP contribution in [0.5, 0.6) is 5.88 Å². The second-order valence-electron chi connectivity index (χ2n) is 4.11. The molecular formula is C12H17NO2. The third kappa shape index (κ3) is 2.93. The molecule has 2 rings (SSSR count). The first-order chi connectivity index (χ1) is 7.29. The minimum Gasteiger partial charge on any atom is -0.481 e. The van der Waals surface area contributed by atoms with Crippen LogP contribution >= 0.6 is 0 Å². The summed E-state index contributed by atoms with van der Waals surface area (Å²) in [6, 6.07) is 5.74. The number of aryl methyl sites for hydroxylation is 1. The third-order valence-corrected chi connectivity index (χ3v) is 2.85. The number of ether oxygens (including phenoxy) is 1. The van der Waals surface area contributed by atoms with E-state index in [4.69, 9.17) is 4.74 Å². The molecule has 0 aromatic carbocycles. The number of hydrogen-bond acceptors (Lipinski definition) is 3. The number of methoxy groups -OCH3 is 1. The summed E-state index contributed by atoms with van der Waals surface area (Å²) in [6.45, 7) is 0. The molecular weight excluding hydrogens is 190 g/mol. The summed E-state index contributed by atoms with van der Waals surface area (Å²) < 4.78 is 5.05. The van der Waals surface area contributed by atoms with E-state index in [2.05, 4.69) is 4.98 Å². The number of aliphatic hydroxyl groups excluding tert-OH is 1. The molecule has 0 radical (unpaired) electrons. The van der Waals surface area contributed by atoms with Crippen LogP contribution in [0.15, 0.2) is 18.2 Å². The summed E-state index contributed by atoms with van der Waals surface area (Å²) in [5.74, 6) is 1.20. The van der Waals surface area contributed by atoms with Crippen molar-refractivity contribution >= 4 is 0 Å². The SMILES string of the molecule is COc1cccc(CCC(O)C2CC2)n1. The molecule has 0 bridgehead atoms. The standard InChI is InChI=1S/C12H17NO2/c1-15-12-4-2-3-10(13-12)7-8-11(14)9-5-6-9/h2-4,9,11,14H,5-8H2,1H3. The molecule has 1 aromatic heterocycles. The minimum atomic E-state index is -0.141. The van der Waals surface area contributed by atoms with Gasteiger partial charge in [0.1, 0.15) is 0 Å². The molecule has 1 aliphatic rings. The van der Waals surface area contributed by atoms with Gasteiger partial charge in [0.15, 0.2) is 0 Å². The fourth-order valence-corrected chi connectivity index (χ4v) is 1.72. The molecule has 1 fully saturated rings. The van der Waals surface area contributed by atoms with Crippen molar-refractivity contribution in [3.05, 3.63) is 23.9 Å². The van der Waals surface area contributed by atoms with Crippen LogP contribution in [0.4, 0.5) is 0 Å². The molecule has 1 atom stereocenters. The lowest BCUT2D eigenvalue weighted by molar-refractivity contribution is 0.141. The van der Waals surface area contributed by atoms with Crippen LogP contribution in [0.3, 0.4) is 0 Å². The molecule has 1 N–H and O–H groups in total. The van der Waals surface area contributed by atoms with Crippen molar-refractivity contribution in [1.29, 1.82) is 0 Å². The molecule has 1 aromatic rings. The van der Waals surface area contributed by atoms with Crippen LogP contribution in [0.2, 0.25) is 0 Å². The summed E-state index contributed by atoms with van der Waals surface area (Å²) in [6.07, 6.45) is 3.87. The number of hydrogen-bond donors (Lipinski definition) is 1. The van der Waals surface area contributed by atoms with Gasteiger partial charge in [-0.1, -0.05) is 6.07 Å². The molecule has 1 aliphatic carbocycles. The predicted octanol–water partition coefficient (Wildman–Crippen LogP) is 1.79. The lowest BCUT2D eigenvalue weighted by Crippen LogP contribution is -2.10. The van der Waals surface area contributed by atoms with Crippen LogP contribution in [-0.4, -0.2) is 23.3 Å². The number of aromatic nitrogens is 1. The fourth-order valence-electron chi connectivity index (χ4n) is 1.72. The predicted molar refractivity (Wildman–Crippen MR) is 57.8 cm³/mol. The Hall–Kier alpha value is -1.09. The van der Waals surface area contributed by atoms with E-state index in [-0.39, 0.29) is 6.10 Å². The van der Waals surface area contributed by atoms with Crippen molar-refractivity contribution < 1.29 is 9.84 Å². The van der Waals surface area contributed by atoms with Crippen molar-refractivity contribution in [2.45, 2.75) is 31.8 Å². The Bertz CT molecular complexity index is 323. The smallest absolute Gasteiger partial charge is 0.213 e. The van der Waals surface area contributed by atoms with E-state index in [1.807, 2.05) is 18.2 Å². The van der Waals surface area contributed by atoms with Gasteiger partial charge in [-0.15, -0.1) is 0 Å². The highest BCUT2D eigenvalue weighted by atomic mass is 16.5. The Balaban J connectivity index is 1.86. The second kappa shape index (κ2) is 4.62. The fraction of sp³-hybridized carbons (Fsp3) is 0.583. The number of nitrogens with zero attached hydrogens (tertiary/aromatic N) is 1. The maximum absolute atomic E-state index is 9.72. The number of pyridine rings is 1. The van der Waals surface area contributed by atoms with Gasteiger partial charge in [-0.05, 0) is 37.7 Å². The molecule has 0 spiro atoms. The van der Waals surface area contributed by atoms with Gasteiger partial charge in [-0.3, -0.25) is 0 Å². The molecule has 15 heavy (non-hydrogen) atoms. The van der Waals surface area contributed by atoms with Crippen molar-refractivity contribution in [3.8, 4) is 5.88 Å². The van der Waals surface area contributed by atoms with Crippen LogP contribution < -0.4 is 4.74 Å². The van der Waals surface area contributed by atoms with Crippen LogP contribution in [-0.2, 0) is 6.42 Å². The van der Waals surface area contributed by atoms with Crippen LogP contribution in [0.25, 0.3) is 0 Å². The Morgan fingerprint density at radius 3 is 3.00 bits per heavy atom. The Morgan fingerprint density at radius 1 is 1.53 bits per heavy atom. The van der Waals surface area contributed by atoms with Gasteiger partial charge in [0.05, 0.1) is 13.2 Å². The van der Waals surface area contributed by atoms with Gasteiger partial charge in [0, 0.05) is 11.8 Å². The van der Waals surface area contributed by atoms with Gasteiger partial charge in [0.2, 0.25) is 5.88 Å². The van der Waals surface area contributed by atoms with E-state index in [0.29, 0.717) is 11.8 Å². The summed E-state index contributed by atoms with van der Waals surface area (Å²) >= 11 is 0. The molecule has 3 nitrogen and oxygen atoms in total. The molecule has 82 valence electrons. The van der Waals surface area contributed by atoms with E-state index in [1.165, 1.54) is 12.8 Å². The van der Waals surface area contributed by atoms with Gasteiger partial charge in [0.25, 0.3) is 0 Å². The van der Waals surface area contributed by atoms with Crippen molar-refractivity contribution in [2.75, 3.05) is 7.11 Å². The normalized spacial score (nSPS) is 17.5. The first-order valence-corrected chi connectivity index (χ1v) is 5.47. The molecule has 0 saturated heterocycles. The Morgan fingerprint density at radius 2 is 2.33 bits per heavy atom. The summed E-state index contributed by atoms with van der Waals surface area (Å²) in [5.41, 5.74) is 0.994. The molecule has 3 heteroatoms. The quantitative estimate of drug-likeness (QED) is 0.800. The average Bonchev–Trinajstić information content (AvgIpc) is 3.10. The maximum Gasteiger partial charge on any atom is 0.213 e. The third-order valence-electron chi connectivity index (χ3n) is 2.85. The largest absolute Gasteiger partial charge is 0.481 e. The summed E-state index contributed by atoms with van der Waals surface area (Å²) in [5, 5.41) is 9.72. The zero-order valence-electron chi connectivity index (χ0n) is 9.02. The maximum atomic E-state index is 9.72. The highest BCUT2D eigenvalue weighted by Crippen LogP contribution is 2.34. The number of aliphatic hydroxyl groups is 1. The van der Waals surface area contributed by atoms with E-state index >= 15 is 0 Å². The van der Waals surface area contributed by atoms with Crippen LogP contribution in [0, 0.1) is 5.92 Å². The minimum absolute atomic E-state index is 0.141. The first-order valence-electron chi connectivity index (χ1n) is 5.47. The van der Waals surface area contributed by atoms with Crippen LogP contribution in [0.1, 0.15) is 25.0 Å². The van der Waals surface area contributed by atoms with E-state index < -0.39 is 0 Å². The molecule has 1 unspecified atom stereocenters. The van der Waals surface area contributed by atoms with E-state index in [1.54, 1.807) is 7.11 Å². The molecule has 1 saturated carbocycles. The van der Waals surface area contributed by atoms with Crippen molar-refractivity contribution in [3.63, 3.8) is 0 Å². The van der Waals surface area contributed by atoms with E-state index in [9.17, 15) is 5.11 Å². The topological polar surface area (TPSA) is 42.4 Å². The van der Waals surface area contributed by atoms with Gasteiger partial charge in [-0.2, -0.15) is 0 Å². The van der Waals surface area contributed by atoms with Crippen molar-refractivity contribution in [1.82, 2.24) is 4.98 Å². The summed E-state index contributed by atoms with van der Waals surface area (Å²) in [7, 11) is 1.62. The van der Waals surface area contributed by atoms with Gasteiger partial charge in [-0.25, -0.2) is 4.98 Å². The lowest BCUT2D eigenvalue weighted by atomic mass is 10.1. The molecule has 0 amide bonds. The highest BCUT2D eigenvalue weighted by Gasteiger charge is 2.29. The second-order valence-corrected chi connectivity index (χ2v) is 4.11. The first kappa shape index (κ1) is 10.4.